The van der Waals surface area contributed by atoms with Crippen LogP contribution in [0.25, 0.3) is 0 Å². The third kappa shape index (κ3) is 3.35. The van der Waals surface area contributed by atoms with Crippen LogP contribution < -0.4 is 10.6 Å². The van der Waals surface area contributed by atoms with Crippen LogP contribution in [0.15, 0.2) is 0 Å². The highest BCUT2D eigenvalue weighted by molar-refractivity contribution is 5.81. The van der Waals surface area contributed by atoms with Gasteiger partial charge in [-0.3, -0.25) is 4.79 Å². The summed E-state index contributed by atoms with van der Waals surface area (Å²) in [5.74, 6) is 0.648. The Morgan fingerprint density at radius 2 is 2.50 bits per heavy atom. The maximum Gasteiger partial charge on any atom is 0.237 e. The molecule has 1 aliphatic rings. The molecule has 2 N–H and O–H groups in total. The lowest BCUT2D eigenvalue weighted by atomic mass is 9.94. The SMILES string of the molecule is CC1CCNC(C(=O)NCCC#N)C1. The predicted molar refractivity (Wildman–Crippen MR) is 53.4 cm³/mol. The Morgan fingerprint density at radius 3 is 3.14 bits per heavy atom. The molecular weight excluding hydrogens is 178 g/mol. The second kappa shape index (κ2) is 5.61. The first-order chi connectivity index (χ1) is 6.74. The molecule has 1 heterocycles. The lowest BCUT2D eigenvalue weighted by molar-refractivity contribution is -0.123. The van der Waals surface area contributed by atoms with Crippen molar-refractivity contribution in [1.82, 2.24) is 10.6 Å². The first kappa shape index (κ1) is 11.0. The number of nitrogens with one attached hydrogen (secondary N) is 2. The smallest absolute Gasteiger partial charge is 0.237 e. The van der Waals surface area contributed by atoms with Gasteiger partial charge < -0.3 is 10.6 Å². The maximum absolute atomic E-state index is 11.5. The van der Waals surface area contributed by atoms with Gasteiger partial charge in [-0.15, -0.1) is 0 Å². The fourth-order valence-electron chi connectivity index (χ4n) is 1.67. The van der Waals surface area contributed by atoms with Crippen LogP contribution in [0.5, 0.6) is 0 Å². The predicted octanol–water partition coefficient (Wildman–Crippen LogP) is 0.404. The summed E-state index contributed by atoms with van der Waals surface area (Å²) in [5.41, 5.74) is 0. The second-order valence-electron chi connectivity index (χ2n) is 3.84. The van der Waals surface area contributed by atoms with Crippen molar-refractivity contribution in [2.24, 2.45) is 5.92 Å². The van der Waals surface area contributed by atoms with Gasteiger partial charge in [-0.25, -0.2) is 0 Å². The Balaban J connectivity index is 2.26. The summed E-state index contributed by atoms with van der Waals surface area (Å²) in [6.45, 7) is 3.54. The summed E-state index contributed by atoms with van der Waals surface area (Å²) in [6.07, 6.45) is 2.42. The van der Waals surface area contributed by atoms with E-state index < -0.39 is 0 Å². The largest absolute Gasteiger partial charge is 0.354 e. The van der Waals surface area contributed by atoms with Crippen molar-refractivity contribution in [3.8, 4) is 6.07 Å². The number of carbonyl (C=O) groups excluding carboxylic acids is 1. The average Bonchev–Trinajstić information content (AvgIpc) is 2.18. The van der Waals surface area contributed by atoms with Crippen LogP contribution in [0.2, 0.25) is 0 Å². The molecule has 0 saturated carbocycles. The van der Waals surface area contributed by atoms with Crippen LogP contribution in [0.4, 0.5) is 0 Å². The fraction of sp³-hybridized carbons (Fsp3) is 0.800. The van der Waals surface area contributed by atoms with E-state index in [4.69, 9.17) is 5.26 Å². The number of hydrogen-bond donors (Lipinski definition) is 2. The number of hydrogen-bond acceptors (Lipinski definition) is 3. The van der Waals surface area contributed by atoms with Crippen LogP contribution in [0.3, 0.4) is 0 Å². The molecule has 0 bridgehead atoms. The van der Waals surface area contributed by atoms with Gasteiger partial charge in [0.1, 0.15) is 0 Å². The molecule has 1 rings (SSSR count). The van der Waals surface area contributed by atoms with Crippen molar-refractivity contribution < 1.29 is 4.79 Å². The zero-order valence-electron chi connectivity index (χ0n) is 8.55. The van der Waals surface area contributed by atoms with E-state index in [0.29, 0.717) is 18.9 Å². The van der Waals surface area contributed by atoms with Crippen LogP contribution in [0.1, 0.15) is 26.2 Å². The zero-order chi connectivity index (χ0) is 10.4. The topological polar surface area (TPSA) is 64.9 Å². The number of nitriles is 1. The van der Waals surface area contributed by atoms with Crippen molar-refractivity contribution in [3.63, 3.8) is 0 Å². The maximum atomic E-state index is 11.5. The summed E-state index contributed by atoms with van der Waals surface area (Å²) in [5, 5.41) is 14.2. The van der Waals surface area contributed by atoms with E-state index >= 15 is 0 Å². The third-order valence-electron chi connectivity index (χ3n) is 2.52. The van der Waals surface area contributed by atoms with Crippen LogP contribution >= 0.6 is 0 Å². The fourth-order valence-corrected chi connectivity index (χ4v) is 1.67. The monoisotopic (exact) mass is 195 g/mol. The average molecular weight is 195 g/mol. The minimum atomic E-state index is -0.0579. The van der Waals surface area contributed by atoms with Gasteiger partial charge in [0.05, 0.1) is 18.5 Å². The van der Waals surface area contributed by atoms with Gasteiger partial charge in [-0.05, 0) is 25.3 Å². The van der Waals surface area contributed by atoms with Crippen LogP contribution in [-0.4, -0.2) is 25.0 Å². The Labute approximate surface area is 84.7 Å². The highest BCUT2D eigenvalue weighted by Gasteiger charge is 2.23. The number of amides is 1. The van der Waals surface area contributed by atoms with E-state index in [2.05, 4.69) is 17.6 Å². The summed E-state index contributed by atoms with van der Waals surface area (Å²) >= 11 is 0. The Bertz CT molecular complexity index is 234. The van der Waals surface area contributed by atoms with Crippen LogP contribution in [0, 0.1) is 17.2 Å². The van der Waals surface area contributed by atoms with E-state index in [9.17, 15) is 4.79 Å². The molecule has 0 aromatic carbocycles. The number of rotatable bonds is 3. The molecule has 0 aromatic rings. The zero-order valence-corrected chi connectivity index (χ0v) is 8.55. The quantitative estimate of drug-likeness (QED) is 0.641. The minimum Gasteiger partial charge on any atom is -0.354 e. The minimum absolute atomic E-state index is 0.0341. The van der Waals surface area contributed by atoms with Crippen LogP contribution in [-0.2, 0) is 4.79 Å². The molecule has 4 nitrogen and oxygen atoms in total. The lowest BCUT2D eigenvalue weighted by Gasteiger charge is -2.27. The van der Waals surface area contributed by atoms with E-state index in [1.165, 1.54) is 0 Å². The molecule has 78 valence electrons. The summed E-state index contributed by atoms with van der Waals surface area (Å²) < 4.78 is 0. The lowest BCUT2D eigenvalue weighted by Crippen LogP contribution is -2.48. The van der Waals surface area contributed by atoms with Gasteiger partial charge in [0.25, 0.3) is 0 Å². The van der Waals surface area contributed by atoms with Crippen molar-refractivity contribution in [1.29, 1.82) is 5.26 Å². The Hall–Kier alpha value is -1.08. The molecule has 0 aromatic heterocycles. The van der Waals surface area contributed by atoms with Gasteiger partial charge in [0, 0.05) is 6.54 Å². The molecule has 4 heteroatoms. The standard InChI is InChI=1S/C10H17N3O/c1-8-3-6-12-9(7-8)10(14)13-5-2-4-11/h8-9,12H,2-3,5-7H2,1H3,(H,13,14). The van der Waals surface area contributed by atoms with Gasteiger partial charge in [-0.1, -0.05) is 6.92 Å². The number of carbonyl (C=O) groups is 1. The number of nitrogens with zero attached hydrogens (tertiary/aromatic N) is 1. The van der Waals surface area contributed by atoms with E-state index in [1.807, 2.05) is 6.07 Å². The van der Waals surface area contributed by atoms with Crippen molar-refractivity contribution in [2.45, 2.75) is 32.2 Å². The molecule has 1 saturated heterocycles. The molecule has 14 heavy (non-hydrogen) atoms. The van der Waals surface area contributed by atoms with E-state index in [-0.39, 0.29) is 11.9 Å². The van der Waals surface area contributed by atoms with Crippen molar-refractivity contribution in [2.75, 3.05) is 13.1 Å². The van der Waals surface area contributed by atoms with Crippen molar-refractivity contribution in [3.05, 3.63) is 0 Å². The molecule has 1 aliphatic heterocycles. The second-order valence-corrected chi connectivity index (χ2v) is 3.84. The van der Waals surface area contributed by atoms with E-state index in [0.717, 1.165) is 19.4 Å². The highest BCUT2D eigenvalue weighted by Crippen LogP contribution is 2.14. The molecular formula is C10H17N3O. The molecule has 0 spiro atoms. The van der Waals surface area contributed by atoms with Gasteiger partial charge >= 0.3 is 0 Å². The highest BCUT2D eigenvalue weighted by atomic mass is 16.2. The van der Waals surface area contributed by atoms with Crippen molar-refractivity contribution >= 4 is 5.91 Å². The molecule has 2 unspecified atom stereocenters. The first-order valence-electron chi connectivity index (χ1n) is 5.12. The first-order valence-corrected chi connectivity index (χ1v) is 5.12. The normalized spacial score (nSPS) is 26.6. The van der Waals surface area contributed by atoms with Gasteiger partial charge in [-0.2, -0.15) is 5.26 Å². The molecule has 2 atom stereocenters. The Kier molecular flexibility index (Phi) is 4.41. The molecule has 1 fully saturated rings. The molecule has 0 radical (unpaired) electrons. The molecule has 0 aliphatic carbocycles. The summed E-state index contributed by atoms with van der Waals surface area (Å²) in [6, 6.07) is 1.94. The molecule has 1 amide bonds. The summed E-state index contributed by atoms with van der Waals surface area (Å²) in [7, 11) is 0. The summed E-state index contributed by atoms with van der Waals surface area (Å²) in [4.78, 5) is 11.5. The van der Waals surface area contributed by atoms with Gasteiger partial charge in [0.15, 0.2) is 0 Å². The third-order valence-corrected chi connectivity index (χ3v) is 2.52. The van der Waals surface area contributed by atoms with E-state index in [1.54, 1.807) is 0 Å². The Morgan fingerprint density at radius 1 is 1.71 bits per heavy atom. The van der Waals surface area contributed by atoms with Gasteiger partial charge in [0.2, 0.25) is 5.91 Å². The number of piperidine rings is 1.